The van der Waals surface area contributed by atoms with Crippen LogP contribution in [0.25, 0.3) is 0 Å². The maximum Gasteiger partial charge on any atom is 0.259 e. The average Bonchev–Trinajstić information content (AvgIpc) is 2.52. The second-order valence-electron chi connectivity index (χ2n) is 5.92. The minimum atomic E-state index is -0.0631. The third kappa shape index (κ3) is 7.54. The van der Waals surface area contributed by atoms with E-state index in [4.69, 9.17) is 4.74 Å². The number of hydrogen-bond donors (Lipinski definition) is 2. The van der Waals surface area contributed by atoms with Crippen molar-refractivity contribution in [2.45, 2.75) is 20.4 Å². The molecule has 6 nitrogen and oxygen atoms in total. The van der Waals surface area contributed by atoms with E-state index in [0.717, 1.165) is 18.1 Å². The molecule has 1 rings (SSSR count). The van der Waals surface area contributed by atoms with Crippen LogP contribution in [0.2, 0.25) is 0 Å². The quantitative estimate of drug-likeness (QED) is 0.590. The fraction of sp³-hybridized carbons (Fsp3) is 0.529. The van der Waals surface area contributed by atoms with Gasteiger partial charge in [0.2, 0.25) is 0 Å². The SMILES string of the molecule is CN=C(NCc1cccc(OCC(=O)N(C)C)c1)NCC(C)C. The van der Waals surface area contributed by atoms with Crippen LogP contribution in [0.3, 0.4) is 0 Å². The number of aliphatic imine (C=N–C) groups is 1. The van der Waals surface area contributed by atoms with Gasteiger partial charge < -0.3 is 20.3 Å². The Balaban J connectivity index is 2.51. The van der Waals surface area contributed by atoms with Crippen LogP contribution >= 0.6 is 0 Å². The van der Waals surface area contributed by atoms with Gasteiger partial charge in [-0.2, -0.15) is 0 Å². The highest BCUT2D eigenvalue weighted by Gasteiger charge is 2.05. The molecule has 128 valence electrons. The van der Waals surface area contributed by atoms with Gasteiger partial charge in [0.25, 0.3) is 5.91 Å². The van der Waals surface area contributed by atoms with E-state index < -0.39 is 0 Å². The molecule has 0 aliphatic carbocycles. The third-order valence-electron chi connectivity index (χ3n) is 3.12. The molecule has 0 aromatic heterocycles. The molecule has 1 aromatic rings. The normalized spacial score (nSPS) is 11.3. The second-order valence-corrected chi connectivity index (χ2v) is 5.92. The minimum Gasteiger partial charge on any atom is -0.484 e. The summed E-state index contributed by atoms with van der Waals surface area (Å²) in [6.45, 7) is 5.85. The molecule has 0 fully saturated rings. The number of carbonyl (C=O) groups excluding carboxylic acids is 1. The number of rotatable bonds is 7. The highest BCUT2D eigenvalue weighted by Crippen LogP contribution is 2.13. The largest absolute Gasteiger partial charge is 0.484 e. The molecule has 1 amide bonds. The van der Waals surface area contributed by atoms with Crippen LogP contribution in [0.4, 0.5) is 0 Å². The number of carbonyl (C=O) groups is 1. The number of guanidine groups is 1. The zero-order valence-electron chi connectivity index (χ0n) is 14.7. The molecule has 2 N–H and O–H groups in total. The van der Waals surface area contributed by atoms with E-state index in [1.165, 1.54) is 4.90 Å². The summed E-state index contributed by atoms with van der Waals surface area (Å²) in [6.07, 6.45) is 0. The molecule has 0 atom stereocenters. The lowest BCUT2D eigenvalue weighted by molar-refractivity contribution is -0.130. The van der Waals surface area contributed by atoms with Gasteiger partial charge in [0, 0.05) is 34.2 Å². The summed E-state index contributed by atoms with van der Waals surface area (Å²) in [5.74, 6) is 1.95. The summed E-state index contributed by atoms with van der Waals surface area (Å²) in [6, 6.07) is 7.68. The topological polar surface area (TPSA) is 66.0 Å². The number of benzene rings is 1. The van der Waals surface area contributed by atoms with E-state index in [0.29, 0.717) is 18.2 Å². The Morgan fingerprint density at radius 2 is 2.04 bits per heavy atom. The van der Waals surface area contributed by atoms with Crippen LogP contribution in [0.15, 0.2) is 29.3 Å². The highest BCUT2D eigenvalue weighted by molar-refractivity contribution is 5.79. The Morgan fingerprint density at radius 3 is 2.65 bits per heavy atom. The van der Waals surface area contributed by atoms with Crippen LogP contribution in [0.1, 0.15) is 19.4 Å². The standard InChI is InChI=1S/C17H28N4O2/c1-13(2)10-19-17(18-3)20-11-14-7-6-8-15(9-14)23-12-16(22)21(4)5/h6-9,13H,10-12H2,1-5H3,(H2,18,19,20). The maximum atomic E-state index is 11.5. The number of nitrogens with zero attached hydrogens (tertiary/aromatic N) is 2. The zero-order valence-corrected chi connectivity index (χ0v) is 14.7. The van der Waals surface area contributed by atoms with Crippen molar-refractivity contribution >= 4 is 11.9 Å². The number of ether oxygens (including phenoxy) is 1. The van der Waals surface area contributed by atoms with E-state index in [9.17, 15) is 4.79 Å². The molecule has 0 bridgehead atoms. The first kappa shape index (κ1) is 18.8. The van der Waals surface area contributed by atoms with Gasteiger partial charge >= 0.3 is 0 Å². The minimum absolute atomic E-state index is 0.0431. The van der Waals surface area contributed by atoms with Gasteiger partial charge in [-0.05, 0) is 23.6 Å². The number of nitrogens with one attached hydrogen (secondary N) is 2. The fourth-order valence-electron chi connectivity index (χ4n) is 1.73. The number of amides is 1. The maximum absolute atomic E-state index is 11.5. The van der Waals surface area contributed by atoms with E-state index in [1.807, 2.05) is 24.3 Å². The van der Waals surface area contributed by atoms with Gasteiger partial charge in [-0.1, -0.05) is 26.0 Å². The van der Waals surface area contributed by atoms with Crippen molar-refractivity contribution in [3.8, 4) is 5.75 Å². The fourth-order valence-corrected chi connectivity index (χ4v) is 1.73. The zero-order chi connectivity index (χ0) is 17.2. The molecular weight excluding hydrogens is 292 g/mol. The molecule has 0 radical (unpaired) electrons. The Morgan fingerprint density at radius 1 is 1.30 bits per heavy atom. The van der Waals surface area contributed by atoms with Crippen LogP contribution in [0.5, 0.6) is 5.75 Å². The monoisotopic (exact) mass is 320 g/mol. The van der Waals surface area contributed by atoms with E-state index in [-0.39, 0.29) is 12.5 Å². The molecule has 0 heterocycles. The molecule has 6 heteroatoms. The Kier molecular flexibility index (Phi) is 7.94. The molecule has 0 aliphatic heterocycles. The first-order valence-electron chi connectivity index (χ1n) is 7.78. The van der Waals surface area contributed by atoms with Gasteiger partial charge in [0.05, 0.1) is 0 Å². The lowest BCUT2D eigenvalue weighted by atomic mass is 10.2. The van der Waals surface area contributed by atoms with Crippen molar-refractivity contribution in [3.63, 3.8) is 0 Å². The number of likely N-dealkylation sites (N-methyl/N-ethyl adjacent to an activating group) is 1. The van der Waals surface area contributed by atoms with E-state index >= 15 is 0 Å². The average molecular weight is 320 g/mol. The van der Waals surface area contributed by atoms with Crippen LogP contribution in [-0.4, -0.2) is 51.1 Å². The molecule has 23 heavy (non-hydrogen) atoms. The molecule has 0 spiro atoms. The summed E-state index contributed by atoms with van der Waals surface area (Å²) < 4.78 is 5.52. The van der Waals surface area contributed by atoms with Gasteiger partial charge in [0.15, 0.2) is 12.6 Å². The molecule has 0 unspecified atom stereocenters. The lowest BCUT2D eigenvalue weighted by Crippen LogP contribution is -2.38. The lowest BCUT2D eigenvalue weighted by Gasteiger charge is -2.14. The summed E-state index contributed by atoms with van der Waals surface area (Å²) in [5, 5.41) is 6.52. The van der Waals surface area contributed by atoms with Crippen LogP contribution < -0.4 is 15.4 Å². The summed E-state index contributed by atoms with van der Waals surface area (Å²) in [7, 11) is 5.17. The Hall–Kier alpha value is -2.24. The van der Waals surface area contributed by atoms with Crippen molar-refractivity contribution in [1.82, 2.24) is 15.5 Å². The van der Waals surface area contributed by atoms with Crippen molar-refractivity contribution in [3.05, 3.63) is 29.8 Å². The predicted molar refractivity (Wildman–Crippen MR) is 93.7 cm³/mol. The van der Waals surface area contributed by atoms with Crippen molar-refractivity contribution in [2.75, 3.05) is 34.3 Å². The van der Waals surface area contributed by atoms with E-state index in [2.05, 4.69) is 29.5 Å². The van der Waals surface area contributed by atoms with Gasteiger partial charge in [0.1, 0.15) is 5.75 Å². The van der Waals surface area contributed by atoms with Crippen LogP contribution in [0, 0.1) is 5.92 Å². The van der Waals surface area contributed by atoms with Crippen molar-refractivity contribution < 1.29 is 9.53 Å². The smallest absolute Gasteiger partial charge is 0.259 e. The predicted octanol–water partition coefficient (Wildman–Crippen LogP) is 1.47. The number of hydrogen-bond acceptors (Lipinski definition) is 3. The highest BCUT2D eigenvalue weighted by atomic mass is 16.5. The van der Waals surface area contributed by atoms with Crippen molar-refractivity contribution in [1.29, 1.82) is 0 Å². The van der Waals surface area contributed by atoms with E-state index in [1.54, 1.807) is 21.1 Å². The second kappa shape index (κ2) is 9.71. The van der Waals surface area contributed by atoms with Gasteiger partial charge in [-0.15, -0.1) is 0 Å². The molecule has 0 aliphatic rings. The first-order valence-corrected chi connectivity index (χ1v) is 7.78. The summed E-state index contributed by atoms with van der Waals surface area (Å²) >= 11 is 0. The first-order chi connectivity index (χ1) is 10.9. The van der Waals surface area contributed by atoms with Gasteiger partial charge in [-0.25, -0.2) is 0 Å². The molecule has 1 aromatic carbocycles. The van der Waals surface area contributed by atoms with Crippen molar-refractivity contribution in [2.24, 2.45) is 10.9 Å². The molecule has 0 saturated heterocycles. The molecule has 0 saturated carbocycles. The Labute approximate surface area is 138 Å². The third-order valence-corrected chi connectivity index (χ3v) is 3.12. The summed E-state index contributed by atoms with van der Waals surface area (Å²) in [4.78, 5) is 17.2. The van der Waals surface area contributed by atoms with Gasteiger partial charge in [-0.3, -0.25) is 9.79 Å². The summed E-state index contributed by atoms with van der Waals surface area (Å²) in [5.41, 5.74) is 1.06. The van der Waals surface area contributed by atoms with Crippen LogP contribution in [-0.2, 0) is 11.3 Å². The Bertz CT molecular complexity index is 527. The molecular formula is C17H28N4O2.